The molecule has 4 nitrogen and oxygen atoms in total. The SMILES string of the molecule is NC(=O)c1cc(NCCC2=CCCCC2)ccn1. The van der Waals surface area contributed by atoms with Crippen LogP contribution in [0.25, 0.3) is 0 Å². The van der Waals surface area contributed by atoms with E-state index in [9.17, 15) is 4.79 Å². The maximum Gasteiger partial charge on any atom is 0.267 e. The van der Waals surface area contributed by atoms with Crippen LogP contribution in [0.3, 0.4) is 0 Å². The van der Waals surface area contributed by atoms with E-state index in [1.54, 1.807) is 12.3 Å². The Morgan fingerprint density at radius 1 is 1.44 bits per heavy atom. The Hall–Kier alpha value is -1.84. The van der Waals surface area contributed by atoms with Crippen LogP contribution in [0.15, 0.2) is 30.0 Å². The van der Waals surface area contributed by atoms with Crippen molar-refractivity contribution in [1.29, 1.82) is 0 Å². The first-order valence-corrected chi connectivity index (χ1v) is 6.43. The van der Waals surface area contributed by atoms with Crippen LogP contribution in [0, 0.1) is 0 Å². The molecule has 96 valence electrons. The molecule has 0 atom stereocenters. The van der Waals surface area contributed by atoms with Gasteiger partial charge < -0.3 is 11.1 Å². The van der Waals surface area contributed by atoms with Gasteiger partial charge in [0.1, 0.15) is 5.69 Å². The highest BCUT2D eigenvalue weighted by Crippen LogP contribution is 2.20. The summed E-state index contributed by atoms with van der Waals surface area (Å²) in [6, 6.07) is 3.54. The zero-order chi connectivity index (χ0) is 12.8. The number of primary amides is 1. The van der Waals surface area contributed by atoms with Gasteiger partial charge in [-0.2, -0.15) is 0 Å². The van der Waals surface area contributed by atoms with E-state index in [2.05, 4.69) is 16.4 Å². The van der Waals surface area contributed by atoms with Crippen LogP contribution >= 0.6 is 0 Å². The quantitative estimate of drug-likeness (QED) is 0.783. The molecule has 0 aliphatic heterocycles. The van der Waals surface area contributed by atoms with Gasteiger partial charge in [-0.3, -0.25) is 9.78 Å². The number of hydrogen-bond donors (Lipinski definition) is 2. The van der Waals surface area contributed by atoms with Crippen molar-refractivity contribution in [2.75, 3.05) is 11.9 Å². The summed E-state index contributed by atoms with van der Waals surface area (Å²) < 4.78 is 0. The molecule has 0 saturated carbocycles. The highest BCUT2D eigenvalue weighted by Gasteiger charge is 2.04. The number of anilines is 1. The molecular formula is C14H19N3O. The third-order valence-corrected chi connectivity index (χ3v) is 3.17. The Labute approximate surface area is 107 Å². The topological polar surface area (TPSA) is 68.0 Å². The second-order valence-electron chi connectivity index (χ2n) is 4.58. The van der Waals surface area contributed by atoms with E-state index in [0.717, 1.165) is 18.7 Å². The fourth-order valence-corrected chi connectivity index (χ4v) is 2.17. The molecular weight excluding hydrogens is 226 g/mol. The van der Waals surface area contributed by atoms with Crippen molar-refractivity contribution >= 4 is 11.6 Å². The molecule has 0 aromatic carbocycles. The smallest absolute Gasteiger partial charge is 0.267 e. The standard InChI is InChI=1S/C14H19N3O/c15-14(18)13-10-12(7-9-17-13)16-8-6-11-4-2-1-3-5-11/h4,7,9-10H,1-3,5-6,8H2,(H2,15,18)(H,16,17). The molecule has 0 radical (unpaired) electrons. The lowest BCUT2D eigenvalue weighted by Gasteiger charge is -2.13. The van der Waals surface area contributed by atoms with Gasteiger partial charge in [0.25, 0.3) is 5.91 Å². The maximum atomic E-state index is 11.0. The molecule has 1 aromatic rings. The molecule has 1 aliphatic carbocycles. The summed E-state index contributed by atoms with van der Waals surface area (Å²) in [4.78, 5) is 14.9. The van der Waals surface area contributed by atoms with Gasteiger partial charge >= 0.3 is 0 Å². The predicted molar refractivity (Wildman–Crippen MR) is 72.4 cm³/mol. The van der Waals surface area contributed by atoms with Crippen LogP contribution in [0.4, 0.5) is 5.69 Å². The number of nitrogens with zero attached hydrogens (tertiary/aromatic N) is 1. The summed E-state index contributed by atoms with van der Waals surface area (Å²) in [5, 5.41) is 3.30. The second-order valence-corrected chi connectivity index (χ2v) is 4.58. The minimum absolute atomic E-state index is 0.303. The lowest BCUT2D eigenvalue weighted by molar-refractivity contribution is 0.0995. The summed E-state index contributed by atoms with van der Waals surface area (Å²) in [7, 11) is 0. The number of amides is 1. The van der Waals surface area contributed by atoms with Crippen LogP contribution in [-0.4, -0.2) is 17.4 Å². The number of allylic oxidation sites excluding steroid dienone is 1. The van der Waals surface area contributed by atoms with Crippen molar-refractivity contribution in [2.45, 2.75) is 32.1 Å². The van der Waals surface area contributed by atoms with Crippen LogP contribution in [0.5, 0.6) is 0 Å². The third-order valence-electron chi connectivity index (χ3n) is 3.17. The Balaban J connectivity index is 1.84. The number of carbonyl (C=O) groups excluding carboxylic acids is 1. The monoisotopic (exact) mass is 245 g/mol. The van der Waals surface area contributed by atoms with Crippen LogP contribution in [-0.2, 0) is 0 Å². The van der Waals surface area contributed by atoms with Crippen LogP contribution < -0.4 is 11.1 Å². The first-order chi connectivity index (χ1) is 8.75. The number of pyridine rings is 1. The molecule has 0 unspecified atom stereocenters. The van der Waals surface area contributed by atoms with Gasteiger partial charge in [-0.15, -0.1) is 0 Å². The van der Waals surface area contributed by atoms with Gasteiger partial charge in [0.2, 0.25) is 0 Å². The number of carbonyl (C=O) groups is 1. The molecule has 1 amide bonds. The molecule has 3 N–H and O–H groups in total. The van der Waals surface area contributed by atoms with Gasteiger partial charge in [0, 0.05) is 18.4 Å². The fourth-order valence-electron chi connectivity index (χ4n) is 2.17. The molecule has 2 rings (SSSR count). The second kappa shape index (κ2) is 6.19. The van der Waals surface area contributed by atoms with Crippen LogP contribution in [0.2, 0.25) is 0 Å². The summed E-state index contributed by atoms with van der Waals surface area (Å²) in [6.07, 6.45) is 10.1. The molecule has 0 spiro atoms. The minimum atomic E-state index is -0.492. The molecule has 1 aromatic heterocycles. The van der Waals surface area contributed by atoms with E-state index in [1.807, 2.05) is 6.07 Å². The van der Waals surface area contributed by atoms with Gasteiger partial charge in [-0.05, 0) is 44.2 Å². The van der Waals surface area contributed by atoms with E-state index < -0.39 is 5.91 Å². The number of aromatic nitrogens is 1. The van der Waals surface area contributed by atoms with E-state index >= 15 is 0 Å². The molecule has 0 fully saturated rings. The van der Waals surface area contributed by atoms with E-state index in [4.69, 9.17) is 5.73 Å². The molecule has 0 bridgehead atoms. The van der Waals surface area contributed by atoms with E-state index in [0.29, 0.717) is 5.69 Å². The zero-order valence-corrected chi connectivity index (χ0v) is 10.5. The first kappa shape index (κ1) is 12.6. The van der Waals surface area contributed by atoms with E-state index in [-0.39, 0.29) is 0 Å². The number of hydrogen-bond acceptors (Lipinski definition) is 3. The fraction of sp³-hybridized carbons (Fsp3) is 0.429. The van der Waals surface area contributed by atoms with Gasteiger partial charge in [-0.25, -0.2) is 0 Å². The largest absolute Gasteiger partial charge is 0.385 e. The Kier molecular flexibility index (Phi) is 4.34. The van der Waals surface area contributed by atoms with Gasteiger partial charge in [0.15, 0.2) is 0 Å². The van der Waals surface area contributed by atoms with Gasteiger partial charge in [0.05, 0.1) is 0 Å². The van der Waals surface area contributed by atoms with Crippen LogP contribution in [0.1, 0.15) is 42.6 Å². The predicted octanol–water partition coefficient (Wildman–Crippen LogP) is 2.48. The van der Waals surface area contributed by atoms with Gasteiger partial charge in [-0.1, -0.05) is 11.6 Å². The zero-order valence-electron chi connectivity index (χ0n) is 10.5. The summed E-state index contributed by atoms with van der Waals surface area (Å²) >= 11 is 0. The summed E-state index contributed by atoms with van der Waals surface area (Å²) in [6.45, 7) is 0.883. The number of nitrogens with two attached hydrogens (primary N) is 1. The van der Waals surface area contributed by atoms with Crippen molar-refractivity contribution in [3.63, 3.8) is 0 Å². The van der Waals surface area contributed by atoms with E-state index in [1.165, 1.54) is 31.3 Å². The number of nitrogens with one attached hydrogen (secondary N) is 1. The molecule has 4 heteroatoms. The van der Waals surface area contributed by atoms with Crippen molar-refractivity contribution in [3.05, 3.63) is 35.7 Å². The third kappa shape index (κ3) is 3.58. The molecule has 0 saturated heterocycles. The Morgan fingerprint density at radius 3 is 3.06 bits per heavy atom. The minimum Gasteiger partial charge on any atom is -0.385 e. The summed E-state index contributed by atoms with van der Waals surface area (Å²) in [5.41, 5.74) is 7.93. The Bertz CT molecular complexity index is 454. The lowest BCUT2D eigenvalue weighted by atomic mass is 9.97. The maximum absolute atomic E-state index is 11.0. The average Bonchev–Trinajstić information content (AvgIpc) is 2.40. The molecule has 1 heterocycles. The first-order valence-electron chi connectivity index (χ1n) is 6.43. The normalized spacial score (nSPS) is 15.0. The Morgan fingerprint density at radius 2 is 2.33 bits per heavy atom. The van der Waals surface area contributed by atoms with Crippen molar-refractivity contribution in [3.8, 4) is 0 Å². The highest BCUT2D eigenvalue weighted by atomic mass is 16.1. The van der Waals surface area contributed by atoms with Crippen molar-refractivity contribution in [1.82, 2.24) is 4.98 Å². The lowest BCUT2D eigenvalue weighted by Crippen LogP contribution is -2.13. The van der Waals surface area contributed by atoms with Crippen molar-refractivity contribution < 1.29 is 4.79 Å². The number of rotatable bonds is 5. The highest BCUT2D eigenvalue weighted by molar-refractivity contribution is 5.91. The molecule has 1 aliphatic rings. The average molecular weight is 245 g/mol. The summed E-state index contributed by atoms with van der Waals surface area (Å²) in [5.74, 6) is -0.492. The molecule has 18 heavy (non-hydrogen) atoms. The van der Waals surface area contributed by atoms with Crippen molar-refractivity contribution in [2.24, 2.45) is 5.73 Å².